The molecule has 0 saturated carbocycles. The Balaban J connectivity index is 2.19. The summed E-state index contributed by atoms with van der Waals surface area (Å²) >= 11 is 0. The third-order valence-corrected chi connectivity index (χ3v) is 4.11. The van der Waals surface area contributed by atoms with Crippen molar-refractivity contribution in [3.05, 3.63) is 29.6 Å². The van der Waals surface area contributed by atoms with Gasteiger partial charge in [-0.1, -0.05) is 13.0 Å². The van der Waals surface area contributed by atoms with Gasteiger partial charge in [-0.15, -0.1) is 0 Å². The molecule has 2 N–H and O–H groups in total. The molecule has 2 rings (SSSR count). The van der Waals surface area contributed by atoms with Crippen molar-refractivity contribution in [1.29, 1.82) is 0 Å². The summed E-state index contributed by atoms with van der Waals surface area (Å²) in [6.45, 7) is 8.49. The lowest BCUT2D eigenvalue weighted by Crippen LogP contribution is -2.45. The average Bonchev–Trinajstić information content (AvgIpc) is 2.37. The molecule has 0 aliphatic carbocycles. The number of likely N-dealkylation sites (tertiary alicyclic amines) is 1. The smallest absolute Gasteiger partial charge is 0.0488 e. The summed E-state index contributed by atoms with van der Waals surface area (Å²) in [6, 6.07) is 5.19. The first-order valence-electron chi connectivity index (χ1n) is 7.00. The minimum absolute atomic E-state index is 0.316. The van der Waals surface area contributed by atoms with E-state index in [2.05, 4.69) is 35.9 Å². The first-order valence-corrected chi connectivity index (χ1v) is 7.00. The number of aryl methyl sites for hydroxylation is 1. The van der Waals surface area contributed by atoms with Gasteiger partial charge in [-0.05, 0) is 44.2 Å². The predicted molar refractivity (Wildman–Crippen MR) is 75.3 cm³/mol. The largest absolute Gasteiger partial charge is 0.329 e. The van der Waals surface area contributed by atoms with E-state index < -0.39 is 0 Å². The van der Waals surface area contributed by atoms with Crippen LogP contribution in [0.25, 0.3) is 0 Å². The van der Waals surface area contributed by atoms with Crippen molar-refractivity contribution in [3.8, 4) is 0 Å². The van der Waals surface area contributed by atoms with E-state index >= 15 is 0 Å². The first kappa shape index (κ1) is 13.5. The van der Waals surface area contributed by atoms with E-state index in [9.17, 15) is 0 Å². The molecule has 2 heterocycles. The molecule has 0 aromatic carbocycles. The molecule has 100 valence electrons. The molecule has 0 spiro atoms. The molecule has 3 atom stereocenters. The van der Waals surface area contributed by atoms with Crippen molar-refractivity contribution in [3.63, 3.8) is 0 Å². The Labute approximate surface area is 110 Å². The van der Waals surface area contributed by atoms with Crippen LogP contribution in [-0.2, 0) is 0 Å². The molecule has 0 radical (unpaired) electrons. The average molecular weight is 247 g/mol. The molecule has 3 unspecified atom stereocenters. The second kappa shape index (κ2) is 5.81. The summed E-state index contributed by atoms with van der Waals surface area (Å²) < 4.78 is 0. The number of nitrogens with two attached hydrogens (primary N) is 1. The summed E-state index contributed by atoms with van der Waals surface area (Å²) in [5, 5.41) is 0. The summed E-state index contributed by atoms with van der Waals surface area (Å²) in [4.78, 5) is 6.96. The number of aromatic nitrogens is 1. The van der Waals surface area contributed by atoms with Crippen LogP contribution in [0.4, 0.5) is 0 Å². The van der Waals surface area contributed by atoms with Gasteiger partial charge in [-0.25, -0.2) is 0 Å². The molecule has 0 amide bonds. The van der Waals surface area contributed by atoms with Crippen LogP contribution in [-0.4, -0.2) is 29.0 Å². The molecule has 0 bridgehead atoms. The Morgan fingerprint density at radius 2 is 2.17 bits per heavy atom. The highest BCUT2D eigenvalue weighted by molar-refractivity contribution is 5.18. The van der Waals surface area contributed by atoms with Gasteiger partial charge in [-0.2, -0.15) is 0 Å². The van der Waals surface area contributed by atoms with Gasteiger partial charge < -0.3 is 5.73 Å². The number of nitrogens with zero attached hydrogens (tertiary/aromatic N) is 2. The molecule has 3 heteroatoms. The summed E-state index contributed by atoms with van der Waals surface area (Å²) in [6.07, 6.45) is 4.59. The fourth-order valence-electron chi connectivity index (χ4n) is 2.90. The van der Waals surface area contributed by atoms with Crippen molar-refractivity contribution >= 4 is 0 Å². The molecule has 1 aliphatic heterocycles. The van der Waals surface area contributed by atoms with Crippen molar-refractivity contribution in [1.82, 2.24) is 9.88 Å². The van der Waals surface area contributed by atoms with Crippen molar-refractivity contribution in [2.45, 2.75) is 45.7 Å². The van der Waals surface area contributed by atoms with Gasteiger partial charge in [0, 0.05) is 37.1 Å². The second-order valence-electron chi connectivity index (χ2n) is 5.71. The maximum atomic E-state index is 6.01. The Kier molecular flexibility index (Phi) is 4.36. The van der Waals surface area contributed by atoms with Gasteiger partial charge in [0.15, 0.2) is 0 Å². The predicted octanol–water partition coefficient (Wildman–Crippen LogP) is 2.51. The van der Waals surface area contributed by atoms with Gasteiger partial charge in [0.1, 0.15) is 0 Å². The van der Waals surface area contributed by atoms with Gasteiger partial charge in [0.05, 0.1) is 0 Å². The number of rotatable bonds is 3. The van der Waals surface area contributed by atoms with Crippen molar-refractivity contribution in [2.75, 3.05) is 13.1 Å². The zero-order valence-corrected chi connectivity index (χ0v) is 11.8. The molecule has 1 saturated heterocycles. The maximum Gasteiger partial charge on any atom is 0.0488 e. The Morgan fingerprint density at radius 3 is 2.78 bits per heavy atom. The molecule has 18 heavy (non-hydrogen) atoms. The Bertz CT molecular complexity index is 374. The van der Waals surface area contributed by atoms with E-state index in [-0.39, 0.29) is 0 Å². The standard InChI is InChI=1S/C15H25N3/c1-11-4-6-13(3)18(10-11)15(8-16)14-7-5-12(2)17-9-14/h5,7,9,11,13,15H,4,6,8,10,16H2,1-3H3. The summed E-state index contributed by atoms with van der Waals surface area (Å²) in [5.74, 6) is 0.772. The molecule has 1 aromatic heterocycles. The lowest BCUT2D eigenvalue weighted by atomic mass is 9.92. The Hall–Kier alpha value is -0.930. The highest BCUT2D eigenvalue weighted by Crippen LogP contribution is 2.29. The van der Waals surface area contributed by atoms with E-state index in [1.807, 2.05) is 13.1 Å². The highest BCUT2D eigenvalue weighted by atomic mass is 15.2. The fourth-order valence-corrected chi connectivity index (χ4v) is 2.90. The van der Waals surface area contributed by atoms with Gasteiger partial charge in [0.2, 0.25) is 0 Å². The van der Waals surface area contributed by atoms with Crippen LogP contribution in [0.5, 0.6) is 0 Å². The zero-order valence-electron chi connectivity index (χ0n) is 11.8. The number of piperidine rings is 1. The minimum Gasteiger partial charge on any atom is -0.329 e. The van der Waals surface area contributed by atoms with Gasteiger partial charge in [-0.3, -0.25) is 9.88 Å². The van der Waals surface area contributed by atoms with Crippen LogP contribution < -0.4 is 5.73 Å². The third kappa shape index (κ3) is 2.90. The van der Waals surface area contributed by atoms with Crippen molar-refractivity contribution in [2.24, 2.45) is 11.7 Å². The first-order chi connectivity index (χ1) is 8.61. The van der Waals surface area contributed by atoms with Crippen LogP contribution in [0.15, 0.2) is 18.3 Å². The molecule has 1 fully saturated rings. The van der Waals surface area contributed by atoms with E-state index in [1.165, 1.54) is 18.4 Å². The van der Waals surface area contributed by atoms with Crippen LogP contribution in [0, 0.1) is 12.8 Å². The lowest BCUT2D eigenvalue weighted by Gasteiger charge is -2.41. The molecule has 3 nitrogen and oxygen atoms in total. The molecular formula is C15H25N3. The topological polar surface area (TPSA) is 42.1 Å². The molecule has 1 aromatic rings. The molecular weight excluding hydrogens is 222 g/mol. The highest BCUT2D eigenvalue weighted by Gasteiger charge is 2.29. The lowest BCUT2D eigenvalue weighted by molar-refractivity contribution is 0.0797. The number of hydrogen-bond donors (Lipinski definition) is 1. The Morgan fingerprint density at radius 1 is 1.39 bits per heavy atom. The summed E-state index contributed by atoms with van der Waals surface area (Å²) in [5.41, 5.74) is 8.33. The van der Waals surface area contributed by atoms with Crippen LogP contribution in [0.2, 0.25) is 0 Å². The number of hydrogen-bond acceptors (Lipinski definition) is 3. The zero-order chi connectivity index (χ0) is 13.1. The van der Waals surface area contributed by atoms with Crippen LogP contribution in [0.1, 0.15) is 44.0 Å². The molecule has 1 aliphatic rings. The third-order valence-electron chi connectivity index (χ3n) is 4.11. The van der Waals surface area contributed by atoms with E-state index in [0.29, 0.717) is 18.6 Å². The normalized spacial score (nSPS) is 27.1. The second-order valence-corrected chi connectivity index (χ2v) is 5.71. The van der Waals surface area contributed by atoms with Crippen LogP contribution in [0.3, 0.4) is 0 Å². The van der Waals surface area contributed by atoms with E-state index in [4.69, 9.17) is 5.73 Å². The van der Waals surface area contributed by atoms with E-state index in [0.717, 1.165) is 18.2 Å². The SMILES string of the molecule is Cc1ccc(C(CN)N2CC(C)CCC2C)cn1. The van der Waals surface area contributed by atoms with Gasteiger partial charge >= 0.3 is 0 Å². The maximum absolute atomic E-state index is 6.01. The van der Waals surface area contributed by atoms with Gasteiger partial charge in [0.25, 0.3) is 0 Å². The number of pyridine rings is 1. The van der Waals surface area contributed by atoms with Crippen molar-refractivity contribution < 1.29 is 0 Å². The quantitative estimate of drug-likeness (QED) is 0.892. The summed E-state index contributed by atoms with van der Waals surface area (Å²) in [7, 11) is 0. The van der Waals surface area contributed by atoms with E-state index in [1.54, 1.807) is 0 Å². The minimum atomic E-state index is 0.316. The van der Waals surface area contributed by atoms with Crippen LogP contribution >= 0.6 is 0 Å². The monoisotopic (exact) mass is 247 g/mol. The fraction of sp³-hybridized carbons (Fsp3) is 0.667.